The molecule has 6 heteroatoms. The first-order valence-corrected chi connectivity index (χ1v) is 7.32. The van der Waals surface area contributed by atoms with E-state index in [9.17, 15) is 13.2 Å². The number of sulfonamides is 1. The molecule has 0 bridgehead atoms. The Balaban J connectivity index is 2.06. The van der Waals surface area contributed by atoms with Crippen LogP contribution >= 0.6 is 0 Å². The highest BCUT2D eigenvalue weighted by Gasteiger charge is 2.30. The van der Waals surface area contributed by atoms with Gasteiger partial charge >= 0.3 is 0 Å². The molecule has 0 atom stereocenters. The quantitative estimate of drug-likeness (QED) is 0.898. The summed E-state index contributed by atoms with van der Waals surface area (Å²) >= 11 is 0. The highest BCUT2D eigenvalue weighted by atomic mass is 32.2. The van der Waals surface area contributed by atoms with Gasteiger partial charge < -0.3 is 0 Å². The molecule has 19 heavy (non-hydrogen) atoms. The average Bonchev–Trinajstić information content (AvgIpc) is 2.85. The van der Waals surface area contributed by atoms with Crippen LogP contribution in [0.25, 0.3) is 10.8 Å². The van der Waals surface area contributed by atoms with E-state index in [2.05, 4.69) is 5.43 Å². The summed E-state index contributed by atoms with van der Waals surface area (Å²) in [5.41, 5.74) is 2.35. The number of hydrogen-bond donors (Lipinski definition) is 1. The van der Waals surface area contributed by atoms with Crippen molar-refractivity contribution in [1.29, 1.82) is 0 Å². The van der Waals surface area contributed by atoms with Gasteiger partial charge in [-0.2, -0.15) is 0 Å². The highest BCUT2D eigenvalue weighted by Crippen LogP contribution is 2.22. The van der Waals surface area contributed by atoms with Crippen LogP contribution in [0.2, 0.25) is 0 Å². The standard InChI is InChI=1S/C13H12N2O3S/c16-13-7-8-15(14-13)19(17,18)12-6-5-10-3-1-2-4-11(10)9-12/h1-6,9H,7-8H2,(H,14,16). The first kappa shape index (κ1) is 12.1. The van der Waals surface area contributed by atoms with Crippen molar-refractivity contribution in [2.75, 3.05) is 6.54 Å². The van der Waals surface area contributed by atoms with E-state index < -0.39 is 10.0 Å². The molecule has 0 aromatic heterocycles. The van der Waals surface area contributed by atoms with E-state index in [1.807, 2.05) is 24.3 Å². The molecule has 3 rings (SSSR count). The fourth-order valence-electron chi connectivity index (χ4n) is 2.09. The second-order valence-electron chi connectivity index (χ2n) is 4.37. The molecule has 1 fully saturated rings. The van der Waals surface area contributed by atoms with E-state index in [-0.39, 0.29) is 23.8 Å². The Bertz CT molecular complexity index is 755. The van der Waals surface area contributed by atoms with Gasteiger partial charge in [0.1, 0.15) is 0 Å². The number of hydrogen-bond acceptors (Lipinski definition) is 3. The molecule has 0 saturated carbocycles. The molecule has 0 spiro atoms. The van der Waals surface area contributed by atoms with Crippen molar-refractivity contribution < 1.29 is 13.2 Å². The number of carbonyl (C=O) groups excluding carboxylic acids is 1. The summed E-state index contributed by atoms with van der Waals surface area (Å²) in [4.78, 5) is 11.3. The van der Waals surface area contributed by atoms with Crippen LogP contribution in [0, 0.1) is 0 Å². The zero-order valence-electron chi connectivity index (χ0n) is 10.0. The summed E-state index contributed by atoms with van der Waals surface area (Å²) in [7, 11) is -3.66. The number of rotatable bonds is 2. The molecule has 0 aliphatic carbocycles. The van der Waals surface area contributed by atoms with Crippen molar-refractivity contribution in [3.8, 4) is 0 Å². The minimum atomic E-state index is -3.66. The first-order valence-electron chi connectivity index (χ1n) is 5.88. The second-order valence-corrected chi connectivity index (χ2v) is 6.23. The Morgan fingerprint density at radius 1 is 1.05 bits per heavy atom. The van der Waals surface area contributed by atoms with Crippen LogP contribution in [0.15, 0.2) is 47.4 Å². The smallest absolute Gasteiger partial charge is 0.259 e. The third-order valence-electron chi connectivity index (χ3n) is 3.10. The Kier molecular flexibility index (Phi) is 2.76. The van der Waals surface area contributed by atoms with Crippen molar-refractivity contribution in [2.45, 2.75) is 11.3 Å². The number of fused-ring (bicyclic) bond motifs is 1. The molecule has 0 unspecified atom stereocenters. The van der Waals surface area contributed by atoms with Gasteiger partial charge in [0.2, 0.25) is 5.91 Å². The topological polar surface area (TPSA) is 66.5 Å². The molecule has 1 aliphatic rings. The van der Waals surface area contributed by atoms with Crippen LogP contribution in [0.5, 0.6) is 0 Å². The van der Waals surface area contributed by atoms with Gasteiger partial charge in [-0.25, -0.2) is 8.42 Å². The van der Waals surface area contributed by atoms with Crippen LogP contribution in [-0.2, 0) is 14.8 Å². The van der Waals surface area contributed by atoms with Crippen LogP contribution in [-0.4, -0.2) is 25.3 Å². The van der Waals surface area contributed by atoms with Gasteiger partial charge in [0.25, 0.3) is 10.0 Å². The third kappa shape index (κ3) is 2.09. The summed E-state index contributed by atoms with van der Waals surface area (Å²) in [6.07, 6.45) is 0.201. The maximum absolute atomic E-state index is 12.3. The van der Waals surface area contributed by atoms with Crippen LogP contribution in [0.3, 0.4) is 0 Å². The number of amides is 1. The lowest BCUT2D eigenvalue weighted by Crippen LogP contribution is -2.38. The molecule has 1 aliphatic heterocycles. The van der Waals surface area contributed by atoms with Gasteiger partial charge in [0.05, 0.1) is 4.90 Å². The zero-order valence-corrected chi connectivity index (χ0v) is 10.9. The number of hydrazine groups is 1. The fourth-order valence-corrected chi connectivity index (χ4v) is 3.41. The maximum atomic E-state index is 12.3. The molecular formula is C13H12N2O3S. The predicted octanol–water partition coefficient (Wildman–Crippen LogP) is 1.27. The van der Waals surface area contributed by atoms with Crippen LogP contribution in [0.1, 0.15) is 6.42 Å². The lowest BCUT2D eigenvalue weighted by molar-refractivity contribution is -0.120. The number of carbonyl (C=O) groups is 1. The van der Waals surface area contributed by atoms with Crippen LogP contribution < -0.4 is 5.43 Å². The van der Waals surface area contributed by atoms with Crippen molar-refractivity contribution in [2.24, 2.45) is 0 Å². The van der Waals surface area contributed by atoms with Crippen molar-refractivity contribution in [3.63, 3.8) is 0 Å². The largest absolute Gasteiger partial charge is 0.275 e. The Morgan fingerprint density at radius 2 is 1.79 bits per heavy atom. The third-order valence-corrected chi connectivity index (χ3v) is 4.80. The summed E-state index contributed by atoms with van der Waals surface area (Å²) in [5, 5.41) is 1.83. The summed E-state index contributed by atoms with van der Waals surface area (Å²) in [6, 6.07) is 12.5. The molecule has 1 amide bonds. The summed E-state index contributed by atoms with van der Waals surface area (Å²) in [6.45, 7) is 0.175. The van der Waals surface area contributed by atoms with Gasteiger partial charge in [-0.3, -0.25) is 10.2 Å². The molecule has 2 aromatic rings. The van der Waals surface area contributed by atoms with Crippen molar-refractivity contribution in [3.05, 3.63) is 42.5 Å². The van der Waals surface area contributed by atoms with Crippen LogP contribution in [0.4, 0.5) is 0 Å². The lowest BCUT2D eigenvalue weighted by atomic mass is 10.1. The molecule has 2 aromatic carbocycles. The minimum Gasteiger partial charge on any atom is -0.275 e. The van der Waals surface area contributed by atoms with Gasteiger partial charge in [0, 0.05) is 13.0 Å². The number of benzene rings is 2. The monoisotopic (exact) mass is 276 g/mol. The normalized spacial score (nSPS) is 16.7. The Morgan fingerprint density at radius 3 is 2.47 bits per heavy atom. The first-order chi connectivity index (χ1) is 9.07. The minimum absolute atomic E-state index is 0.175. The van der Waals surface area contributed by atoms with Gasteiger partial charge in [-0.1, -0.05) is 30.3 Å². The SMILES string of the molecule is O=C1CCN(S(=O)(=O)c2ccc3ccccc3c2)N1. The fraction of sp³-hybridized carbons (Fsp3) is 0.154. The van der Waals surface area contributed by atoms with E-state index in [0.29, 0.717) is 0 Å². The van der Waals surface area contributed by atoms with Gasteiger partial charge in [-0.15, -0.1) is 4.41 Å². The Labute approximate surface area is 110 Å². The Hall–Kier alpha value is -1.92. The molecule has 1 saturated heterocycles. The summed E-state index contributed by atoms with van der Waals surface area (Å²) in [5.74, 6) is -0.274. The molecule has 5 nitrogen and oxygen atoms in total. The zero-order chi connectivity index (χ0) is 13.5. The van der Waals surface area contributed by atoms with Gasteiger partial charge in [-0.05, 0) is 22.9 Å². The number of nitrogens with one attached hydrogen (secondary N) is 1. The number of nitrogens with zero attached hydrogens (tertiary/aromatic N) is 1. The van der Waals surface area contributed by atoms with Crippen molar-refractivity contribution >= 4 is 26.7 Å². The molecule has 98 valence electrons. The molecular weight excluding hydrogens is 264 g/mol. The van der Waals surface area contributed by atoms with E-state index in [1.54, 1.807) is 18.2 Å². The lowest BCUT2D eigenvalue weighted by Gasteiger charge is -2.15. The van der Waals surface area contributed by atoms with E-state index in [4.69, 9.17) is 0 Å². The molecule has 0 radical (unpaired) electrons. The molecule has 1 N–H and O–H groups in total. The molecule has 1 heterocycles. The van der Waals surface area contributed by atoms with E-state index in [0.717, 1.165) is 15.2 Å². The van der Waals surface area contributed by atoms with E-state index >= 15 is 0 Å². The maximum Gasteiger partial charge on any atom is 0.259 e. The predicted molar refractivity (Wildman–Crippen MR) is 70.6 cm³/mol. The average molecular weight is 276 g/mol. The van der Waals surface area contributed by atoms with Gasteiger partial charge in [0.15, 0.2) is 0 Å². The summed E-state index contributed by atoms with van der Waals surface area (Å²) < 4.78 is 25.7. The van der Waals surface area contributed by atoms with Crippen molar-refractivity contribution in [1.82, 2.24) is 9.84 Å². The second kappa shape index (κ2) is 4.32. The highest BCUT2D eigenvalue weighted by molar-refractivity contribution is 7.89. The van der Waals surface area contributed by atoms with E-state index in [1.165, 1.54) is 0 Å².